The molecule has 0 N–H and O–H groups in total. The van der Waals surface area contributed by atoms with Crippen LogP contribution in [-0.2, 0) is 0 Å². The minimum absolute atomic E-state index is 0.0485. The number of nitrogens with zero attached hydrogens (tertiary/aromatic N) is 6. The van der Waals surface area contributed by atoms with E-state index in [1.807, 2.05) is 72.2 Å². The van der Waals surface area contributed by atoms with Gasteiger partial charge in [0, 0.05) is 23.4 Å². The first kappa shape index (κ1) is 22.5. The van der Waals surface area contributed by atoms with Crippen LogP contribution in [0.2, 0.25) is 0 Å². The molecule has 0 aliphatic carbocycles. The monoisotopic (exact) mass is 528 g/mol. The van der Waals surface area contributed by atoms with E-state index in [-0.39, 0.29) is 5.69 Å². The van der Waals surface area contributed by atoms with Gasteiger partial charge in [0.1, 0.15) is 5.01 Å². The van der Waals surface area contributed by atoms with Gasteiger partial charge in [0.25, 0.3) is 5.69 Å². The lowest BCUT2D eigenvalue weighted by Gasteiger charge is -2.08. The lowest BCUT2D eigenvalue weighted by molar-refractivity contribution is -0.384. The van der Waals surface area contributed by atoms with Gasteiger partial charge < -0.3 is 0 Å². The molecule has 0 unspecified atom stereocenters. The van der Waals surface area contributed by atoms with E-state index in [4.69, 9.17) is 4.98 Å². The molecule has 0 fully saturated rings. The number of aromatic nitrogens is 5. The molecule has 0 saturated carbocycles. The van der Waals surface area contributed by atoms with Crippen molar-refractivity contribution in [3.8, 4) is 27.0 Å². The minimum atomic E-state index is -0.397. The molecule has 0 amide bonds. The van der Waals surface area contributed by atoms with Gasteiger partial charge in [0.05, 0.1) is 25.7 Å². The minimum Gasteiger partial charge on any atom is -0.269 e. The lowest BCUT2D eigenvalue weighted by atomic mass is 10.2. The highest BCUT2D eigenvalue weighted by atomic mass is 32.2. The van der Waals surface area contributed by atoms with Crippen molar-refractivity contribution in [1.29, 1.82) is 0 Å². The second kappa shape index (κ2) is 9.26. The Balaban J connectivity index is 1.44. The summed E-state index contributed by atoms with van der Waals surface area (Å²) in [6.07, 6.45) is 0. The van der Waals surface area contributed by atoms with Crippen molar-refractivity contribution in [2.24, 2.45) is 0 Å². The summed E-state index contributed by atoms with van der Waals surface area (Å²) < 4.78 is 3.49. The fraction of sp³-hybridized carbons (Fsp3) is 0.0400. The van der Waals surface area contributed by atoms with Gasteiger partial charge in [0.15, 0.2) is 10.2 Å². The fourth-order valence-electron chi connectivity index (χ4n) is 3.73. The van der Waals surface area contributed by atoms with E-state index in [1.165, 1.54) is 29.2 Å². The van der Waals surface area contributed by atoms with Gasteiger partial charge in [-0.05, 0) is 36.9 Å². The Labute approximate surface area is 217 Å². The Morgan fingerprint density at radius 2 is 1.67 bits per heavy atom. The van der Waals surface area contributed by atoms with E-state index < -0.39 is 4.92 Å². The van der Waals surface area contributed by atoms with E-state index in [2.05, 4.69) is 15.2 Å². The quantitative estimate of drug-likeness (QED) is 0.169. The van der Waals surface area contributed by atoms with Crippen molar-refractivity contribution < 1.29 is 4.92 Å². The summed E-state index contributed by atoms with van der Waals surface area (Å²) in [5.41, 5.74) is 3.62. The molecule has 0 spiro atoms. The third-order valence-corrected chi connectivity index (χ3v) is 8.64. The highest BCUT2D eigenvalue weighted by Crippen LogP contribution is 2.40. The van der Waals surface area contributed by atoms with Crippen molar-refractivity contribution in [2.45, 2.75) is 16.4 Å². The molecule has 0 aliphatic heterocycles. The summed E-state index contributed by atoms with van der Waals surface area (Å²) >= 11 is 4.36. The Morgan fingerprint density at radius 1 is 0.917 bits per heavy atom. The molecule has 176 valence electrons. The van der Waals surface area contributed by atoms with Crippen molar-refractivity contribution in [2.75, 3.05) is 0 Å². The van der Waals surface area contributed by atoms with Gasteiger partial charge in [-0.25, -0.2) is 9.97 Å². The fourth-order valence-corrected chi connectivity index (χ4v) is 6.83. The smallest absolute Gasteiger partial charge is 0.269 e. The first-order valence-corrected chi connectivity index (χ1v) is 13.3. The standard InChI is InChI=1S/C25H16N6O2S3/c1-15-21(35-23(26-15)16-8-4-2-5-9-16)22-28-29-24(30(22)17-10-6-3-7-11-17)36-25-27-19-13-12-18(31(32)33)14-20(19)34-25/h2-14H,1H3. The predicted molar refractivity (Wildman–Crippen MR) is 143 cm³/mol. The van der Waals surface area contributed by atoms with E-state index >= 15 is 0 Å². The molecule has 6 aromatic rings. The van der Waals surface area contributed by atoms with Gasteiger partial charge in [0.2, 0.25) is 5.16 Å². The number of aryl methyl sites for hydroxylation is 1. The maximum absolute atomic E-state index is 11.2. The number of rotatable bonds is 6. The second-order valence-corrected chi connectivity index (χ2v) is 11.0. The molecule has 0 atom stereocenters. The van der Waals surface area contributed by atoms with Crippen LogP contribution in [-0.4, -0.2) is 29.7 Å². The van der Waals surface area contributed by atoms with Gasteiger partial charge in [-0.1, -0.05) is 48.5 Å². The molecule has 3 aromatic carbocycles. The van der Waals surface area contributed by atoms with Crippen LogP contribution < -0.4 is 0 Å². The summed E-state index contributed by atoms with van der Waals surface area (Å²) in [4.78, 5) is 21.2. The van der Waals surface area contributed by atoms with Crippen LogP contribution in [0.15, 0.2) is 88.4 Å². The summed E-state index contributed by atoms with van der Waals surface area (Å²) in [6.45, 7) is 1.98. The third kappa shape index (κ3) is 4.17. The largest absolute Gasteiger partial charge is 0.270 e. The first-order chi connectivity index (χ1) is 17.6. The van der Waals surface area contributed by atoms with Gasteiger partial charge >= 0.3 is 0 Å². The molecule has 0 bridgehead atoms. The van der Waals surface area contributed by atoms with E-state index in [1.54, 1.807) is 23.5 Å². The zero-order valence-corrected chi connectivity index (χ0v) is 21.2. The Morgan fingerprint density at radius 3 is 2.42 bits per heavy atom. The molecule has 36 heavy (non-hydrogen) atoms. The number of para-hydroxylation sites is 1. The number of hydrogen-bond donors (Lipinski definition) is 0. The van der Waals surface area contributed by atoms with Crippen molar-refractivity contribution >= 4 is 50.3 Å². The van der Waals surface area contributed by atoms with Crippen LogP contribution in [0.4, 0.5) is 5.69 Å². The number of nitro groups is 1. The molecular weight excluding hydrogens is 513 g/mol. The van der Waals surface area contributed by atoms with Gasteiger partial charge in [-0.2, -0.15) is 0 Å². The summed E-state index contributed by atoms with van der Waals surface area (Å²) in [7, 11) is 0. The lowest BCUT2D eigenvalue weighted by Crippen LogP contribution is -1.99. The zero-order chi connectivity index (χ0) is 24.6. The number of non-ortho nitro benzene ring substituents is 1. The summed E-state index contributed by atoms with van der Waals surface area (Å²) in [5.74, 6) is 0.706. The Bertz CT molecular complexity index is 1710. The molecule has 0 radical (unpaired) electrons. The number of nitro benzene ring substituents is 1. The van der Waals surface area contributed by atoms with E-state index in [0.29, 0.717) is 16.5 Å². The van der Waals surface area contributed by atoms with E-state index in [0.717, 1.165) is 35.9 Å². The van der Waals surface area contributed by atoms with Crippen molar-refractivity contribution in [3.05, 3.63) is 94.7 Å². The summed E-state index contributed by atoms with van der Waals surface area (Å²) in [6, 6.07) is 24.7. The van der Waals surface area contributed by atoms with Crippen LogP contribution in [0.25, 0.3) is 37.2 Å². The van der Waals surface area contributed by atoms with Crippen LogP contribution in [0.5, 0.6) is 0 Å². The second-order valence-electron chi connectivity index (χ2n) is 7.77. The number of thiazole rings is 2. The van der Waals surface area contributed by atoms with Crippen LogP contribution in [0, 0.1) is 17.0 Å². The SMILES string of the molecule is Cc1nc(-c2ccccc2)sc1-c1nnc(Sc2nc3ccc([N+](=O)[O-])cc3s2)n1-c1ccccc1. The van der Waals surface area contributed by atoms with Crippen molar-refractivity contribution in [1.82, 2.24) is 24.7 Å². The molecule has 8 nitrogen and oxygen atoms in total. The molecule has 6 rings (SSSR count). The average Bonchev–Trinajstić information content (AvgIpc) is 3.61. The number of hydrogen-bond acceptors (Lipinski definition) is 9. The normalized spacial score (nSPS) is 11.2. The third-order valence-electron chi connectivity index (χ3n) is 5.41. The predicted octanol–water partition coefficient (Wildman–Crippen LogP) is 7.04. The van der Waals surface area contributed by atoms with Crippen LogP contribution in [0.1, 0.15) is 5.69 Å². The number of benzene rings is 3. The zero-order valence-electron chi connectivity index (χ0n) is 18.7. The van der Waals surface area contributed by atoms with Crippen molar-refractivity contribution in [3.63, 3.8) is 0 Å². The van der Waals surface area contributed by atoms with Crippen LogP contribution in [0.3, 0.4) is 0 Å². The summed E-state index contributed by atoms with van der Waals surface area (Å²) in [5, 5.41) is 21.8. The molecule has 3 heterocycles. The van der Waals surface area contributed by atoms with E-state index in [9.17, 15) is 10.1 Å². The molecular formula is C25H16N6O2S3. The number of fused-ring (bicyclic) bond motifs is 1. The topological polar surface area (TPSA) is 99.6 Å². The average molecular weight is 529 g/mol. The highest BCUT2D eigenvalue weighted by Gasteiger charge is 2.22. The maximum Gasteiger partial charge on any atom is 0.270 e. The maximum atomic E-state index is 11.2. The molecule has 3 aromatic heterocycles. The molecule has 11 heteroatoms. The molecule has 0 saturated heterocycles. The van der Waals surface area contributed by atoms with Gasteiger partial charge in [-0.3, -0.25) is 14.7 Å². The highest BCUT2D eigenvalue weighted by molar-refractivity contribution is 8.01. The Hall–Kier alpha value is -3.93. The Kier molecular flexibility index (Phi) is 5.80. The van der Waals surface area contributed by atoms with Gasteiger partial charge in [-0.15, -0.1) is 32.9 Å². The van der Waals surface area contributed by atoms with Crippen LogP contribution >= 0.6 is 34.4 Å². The first-order valence-electron chi connectivity index (χ1n) is 10.8. The molecule has 0 aliphatic rings.